The maximum atomic E-state index is 12.0. The van der Waals surface area contributed by atoms with Gasteiger partial charge < -0.3 is 9.88 Å². The summed E-state index contributed by atoms with van der Waals surface area (Å²) in [6.07, 6.45) is 4.73. The van der Waals surface area contributed by atoms with E-state index in [2.05, 4.69) is 20.0 Å². The predicted molar refractivity (Wildman–Crippen MR) is 79.6 cm³/mol. The molecule has 1 amide bonds. The number of carbonyl (C=O) groups excluding carboxylic acids is 1. The lowest BCUT2D eigenvalue weighted by atomic mass is 10.3. The predicted octanol–water partition coefficient (Wildman–Crippen LogP) is 0.136. The standard InChI is InChI=1S/C13H17N5O3S/c1-3-18-7-6-15-11(18)9-17-13(19)10-4-5-12(16-8-10)22(20,21)14-2/h4-8,14H,3,9H2,1-2H3,(H,17,19). The first-order valence-corrected chi connectivity index (χ1v) is 8.14. The first-order valence-electron chi connectivity index (χ1n) is 6.65. The van der Waals surface area contributed by atoms with Gasteiger partial charge in [0.15, 0.2) is 5.03 Å². The summed E-state index contributed by atoms with van der Waals surface area (Å²) in [5, 5.41) is 2.59. The van der Waals surface area contributed by atoms with Gasteiger partial charge in [-0.25, -0.2) is 23.1 Å². The third-order valence-corrected chi connectivity index (χ3v) is 4.42. The normalized spacial score (nSPS) is 11.4. The average Bonchev–Trinajstić information content (AvgIpc) is 3.00. The number of imidazole rings is 1. The molecule has 118 valence electrons. The van der Waals surface area contributed by atoms with Crippen LogP contribution in [0.2, 0.25) is 0 Å². The quantitative estimate of drug-likeness (QED) is 0.786. The molecule has 2 rings (SSSR count). The van der Waals surface area contributed by atoms with Crippen LogP contribution in [0.4, 0.5) is 0 Å². The third-order valence-electron chi connectivity index (χ3n) is 3.09. The van der Waals surface area contributed by atoms with Gasteiger partial charge in [-0.1, -0.05) is 0 Å². The topological polar surface area (TPSA) is 106 Å². The Balaban J connectivity index is 2.04. The highest BCUT2D eigenvalue weighted by atomic mass is 32.2. The largest absolute Gasteiger partial charge is 0.345 e. The van der Waals surface area contributed by atoms with Gasteiger partial charge in [0, 0.05) is 25.1 Å². The molecule has 0 aliphatic rings. The van der Waals surface area contributed by atoms with Crippen LogP contribution in [-0.2, 0) is 23.1 Å². The summed E-state index contributed by atoms with van der Waals surface area (Å²) >= 11 is 0. The minimum Gasteiger partial charge on any atom is -0.345 e. The molecule has 0 radical (unpaired) electrons. The van der Waals surface area contributed by atoms with Crippen LogP contribution in [0.15, 0.2) is 35.7 Å². The smallest absolute Gasteiger partial charge is 0.257 e. The number of aromatic nitrogens is 3. The molecule has 9 heteroatoms. The molecule has 2 heterocycles. The molecule has 2 aromatic rings. The number of aryl methyl sites for hydroxylation is 1. The van der Waals surface area contributed by atoms with Crippen LogP contribution in [0.3, 0.4) is 0 Å². The van der Waals surface area contributed by atoms with E-state index in [1.807, 2.05) is 17.7 Å². The fraction of sp³-hybridized carbons (Fsp3) is 0.308. The summed E-state index contributed by atoms with van der Waals surface area (Å²) in [6, 6.07) is 2.70. The third kappa shape index (κ3) is 3.49. The number of rotatable bonds is 6. The molecular weight excluding hydrogens is 306 g/mol. The van der Waals surface area contributed by atoms with Gasteiger partial charge >= 0.3 is 0 Å². The number of amides is 1. The van der Waals surface area contributed by atoms with Gasteiger partial charge in [-0.15, -0.1) is 0 Å². The molecular formula is C13H17N5O3S. The van der Waals surface area contributed by atoms with Crippen molar-refractivity contribution >= 4 is 15.9 Å². The summed E-state index contributed by atoms with van der Waals surface area (Å²) in [6.45, 7) is 3.04. The Morgan fingerprint density at radius 2 is 2.09 bits per heavy atom. The van der Waals surface area contributed by atoms with E-state index in [1.54, 1.807) is 6.20 Å². The minimum atomic E-state index is -3.60. The maximum absolute atomic E-state index is 12.0. The summed E-state index contributed by atoms with van der Waals surface area (Å²) in [5.74, 6) is 0.407. The first kappa shape index (κ1) is 16.1. The Morgan fingerprint density at radius 1 is 1.32 bits per heavy atom. The van der Waals surface area contributed by atoms with Crippen molar-refractivity contribution in [3.8, 4) is 0 Å². The molecule has 0 aliphatic carbocycles. The molecule has 2 aromatic heterocycles. The molecule has 0 unspecified atom stereocenters. The molecule has 22 heavy (non-hydrogen) atoms. The monoisotopic (exact) mass is 323 g/mol. The van der Waals surface area contributed by atoms with E-state index in [0.717, 1.165) is 12.4 Å². The van der Waals surface area contributed by atoms with E-state index < -0.39 is 10.0 Å². The van der Waals surface area contributed by atoms with E-state index in [4.69, 9.17) is 0 Å². The number of nitrogens with one attached hydrogen (secondary N) is 2. The average molecular weight is 323 g/mol. The van der Waals surface area contributed by atoms with E-state index in [0.29, 0.717) is 0 Å². The molecule has 0 spiro atoms. The van der Waals surface area contributed by atoms with Gasteiger partial charge in [-0.3, -0.25) is 4.79 Å². The second-order valence-corrected chi connectivity index (χ2v) is 6.24. The molecule has 0 bridgehead atoms. The molecule has 0 saturated heterocycles. The Morgan fingerprint density at radius 3 is 2.68 bits per heavy atom. The fourth-order valence-corrected chi connectivity index (χ4v) is 2.48. The van der Waals surface area contributed by atoms with Crippen LogP contribution in [0, 0.1) is 0 Å². The molecule has 8 nitrogen and oxygen atoms in total. The van der Waals surface area contributed by atoms with Crippen molar-refractivity contribution in [2.24, 2.45) is 0 Å². The molecule has 2 N–H and O–H groups in total. The number of hydrogen-bond donors (Lipinski definition) is 2. The van der Waals surface area contributed by atoms with Crippen molar-refractivity contribution in [1.82, 2.24) is 24.6 Å². The van der Waals surface area contributed by atoms with Crippen molar-refractivity contribution in [2.45, 2.75) is 25.0 Å². The highest BCUT2D eigenvalue weighted by Crippen LogP contribution is 2.06. The van der Waals surface area contributed by atoms with Gasteiger partial charge in [-0.2, -0.15) is 0 Å². The van der Waals surface area contributed by atoms with Crippen molar-refractivity contribution in [2.75, 3.05) is 7.05 Å². The lowest BCUT2D eigenvalue weighted by Gasteiger charge is -2.07. The highest BCUT2D eigenvalue weighted by molar-refractivity contribution is 7.89. The van der Waals surface area contributed by atoms with Gasteiger partial charge in [-0.05, 0) is 26.1 Å². The second-order valence-electron chi connectivity index (χ2n) is 4.40. The van der Waals surface area contributed by atoms with E-state index >= 15 is 0 Å². The Hall–Kier alpha value is -2.26. The summed E-state index contributed by atoms with van der Waals surface area (Å²) in [4.78, 5) is 20.0. The van der Waals surface area contributed by atoms with E-state index in [-0.39, 0.29) is 23.0 Å². The minimum absolute atomic E-state index is 0.131. The van der Waals surface area contributed by atoms with Crippen molar-refractivity contribution in [3.05, 3.63) is 42.1 Å². The first-order chi connectivity index (χ1) is 10.5. The number of carbonyl (C=O) groups is 1. The highest BCUT2D eigenvalue weighted by Gasteiger charge is 2.14. The SMILES string of the molecule is CCn1ccnc1CNC(=O)c1ccc(S(=O)(=O)NC)nc1. The summed E-state index contributed by atoms with van der Waals surface area (Å²) < 4.78 is 27.2. The van der Waals surface area contributed by atoms with E-state index in [9.17, 15) is 13.2 Å². The maximum Gasteiger partial charge on any atom is 0.257 e. The summed E-state index contributed by atoms with van der Waals surface area (Å²) in [7, 11) is -2.30. The Kier molecular flexibility index (Phi) is 4.88. The van der Waals surface area contributed by atoms with Gasteiger partial charge in [0.05, 0.1) is 12.1 Å². The second kappa shape index (κ2) is 6.67. The Bertz CT molecular complexity index is 752. The molecule has 0 saturated carbocycles. The molecule has 0 atom stereocenters. The van der Waals surface area contributed by atoms with Crippen LogP contribution in [-0.4, -0.2) is 35.9 Å². The number of pyridine rings is 1. The van der Waals surface area contributed by atoms with Gasteiger partial charge in [0.1, 0.15) is 5.82 Å². The van der Waals surface area contributed by atoms with Crippen LogP contribution in [0.5, 0.6) is 0 Å². The van der Waals surface area contributed by atoms with Crippen molar-refractivity contribution < 1.29 is 13.2 Å². The van der Waals surface area contributed by atoms with E-state index in [1.165, 1.54) is 25.4 Å². The van der Waals surface area contributed by atoms with Crippen LogP contribution in [0.25, 0.3) is 0 Å². The zero-order valence-corrected chi connectivity index (χ0v) is 13.1. The van der Waals surface area contributed by atoms with Crippen LogP contribution < -0.4 is 10.0 Å². The van der Waals surface area contributed by atoms with Crippen LogP contribution in [0.1, 0.15) is 23.1 Å². The Labute approximate surface area is 128 Å². The van der Waals surface area contributed by atoms with Crippen molar-refractivity contribution in [1.29, 1.82) is 0 Å². The zero-order chi connectivity index (χ0) is 16.2. The fourth-order valence-electron chi connectivity index (χ4n) is 1.83. The van der Waals surface area contributed by atoms with Crippen molar-refractivity contribution in [3.63, 3.8) is 0 Å². The number of hydrogen-bond acceptors (Lipinski definition) is 5. The molecule has 0 aliphatic heterocycles. The lowest BCUT2D eigenvalue weighted by molar-refractivity contribution is 0.0949. The zero-order valence-electron chi connectivity index (χ0n) is 12.3. The van der Waals surface area contributed by atoms with Gasteiger partial charge in [0.2, 0.25) is 0 Å². The molecule has 0 aromatic carbocycles. The number of sulfonamides is 1. The lowest BCUT2D eigenvalue weighted by Crippen LogP contribution is -2.25. The van der Waals surface area contributed by atoms with Crippen LogP contribution >= 0.6 is 0 Å². The molecule has 0 fully saturated rings. The van der Waals surface area contributed by atoms with Gasteiger partial charge in [0.25, 0.3) is 15.9 Å². The summed E-state index contributed by atoms with van der Waals surface area (Å²) in [5.41, 5.74) is 0.282. The number of nitrogens with zero attached hydrogens (tertiary/aromatic N) is 3.